The molecule has 2 aromatic rings. The Labute approximate surface area is 168 Å². The van der Waals surface area contributed by atoms with E-state index in [1.165, 1.54) is 24.3 Å². The summed E-state index contributed by atoms with van der Waals surface area (Å²) in [4.78, 5) is 12.4. The van der Waals surface area contributed by atoms with Crippen molar-refractivity contribution in [3.8, 4) is 0 Å². The van der Waals surface area contributed by atoms with Crippen LogP contribution in [-0.2, 0) is 14.8 Å². The molecule has 0 radical (unpaired) electrons. The Kier molecular flexibility index (Phi) is 7.11. The molecular formula is C18H20ClF2N3O3S. The minimum Gasteiger partial charge on any atom is -0.329 e. The van der Waals surface area contributed by atoms with E-state index in [0.29, 0.717) is 6.42 Å². The minimum atomic E-state index is -3.73. The summed E-state index contributed by atoms with van der Waals surface area (Å²) in [5.74, 6) is -2.84. The van der Waals surface area contributed by atoms with Gasteiger partial charge in [0, 0.05) is 36.2 Å². The molecule has 1 fully saturated rings. The Morgan fingerprint density at radius 3 is 2.43 bits per heavy atom. The quantitative estimate of drug-likeness (QED) is 0.626. The van der Waals surface area contributed by atoms with Crippen LogP contribution < -0.4 is 15.8 Å². The van der Waals surface area contributed by atoms with Gasteiger partial charge in [0.25, 0.3) is 0 Å². The summed E-state index contributed by atoms with van der Waals surface area (Å²) in [6, 6.07) is 9.34. The van der Waals surface area contributed by atoms with Crippen LogP contribution >= 0.6 is 12.4 Å². The van der Waals surface area contributed by atoms with Crippen LogP contribution in [0.4, 0.5) is 14.5 Å². The van der Waals surface area contributed by atoms with Crippen molar-refractivity contribution < 1.29 is 22.0 Å². The van der Waals surface area contributed by atoms with Gasteiger partial charge in [0.1, 0.15) is 11.6 Å². The fourth-order valence-corrected chi connectivity index (χ4v) is 4.01. The number of rotatable bonds is 7. The lowest BCUT2D eigenvalue weighted by molar-refractivity contribution is -0.117. The SMILES string of the molecule is Cl.NCCNS(=O)(=O)c1cccc(NC(=O)C2CC2c2c(F)cccc2F)c1. The largest absolute Gasteiger partial charge is 0.329 e. The van der Waals surface area contributed by atoms with Crippen LogP contribution in [0.15, 0.2) is 47.4 Å². The number of carbonyl (C=O) groups excluding carboxylic acids is 1. The van der Waals surface area contributed by atoms with Gasteiger partial charge in [0.05, 0.1) is 4.90 Å². The van der Waals surface area contributed by atoms with Crippen molar-refractivity contribution in [2.45, 2.75) is 17.2 Å². The maximum Gasteiger partial charge on any atom is 0.240 e. The summed E-state index contributed by atoms with van der Waals surface area (Å²) in [5, 5.41) is 2.61. The summed E-state index contributed by atoms with van der Waals surface area (Å²) in [5.41, 5.74) is 5.50. The third-order valence-electron chi connectivity index (χ3n) is 4.35. The number of benzene rings is 2. The molecule has 1 amide bonds. The van der Waals surface area contributed by atoms with Gasteiger partial charge in [-0.25, -0.2) is 21.9 Å². The summed E-state index contributed by atoms with van der Waals surface area (Å²) >= 11 is 0. The standard InChI is InChI=1S/C18H19F2N3O3S.ClH/c19-15-5-2-6-16(20)17(15)13-10-14(13)18(24)23-11-3-1-4-12(9-11)27(25,26)22-8-7-21;/h1-6,9,13-14,22H,7-8,10,21H2,(H,23,24);1H. The molecule has 3 rings (SSSR count). The average molecular weight is 432 g/mol. The van der Waals surface area contributed by atoms with Crippen molar-refractivity contribution in [1.82, 2.24) is 4.72 Å². The second kappa shape index (κ2) is 8.95. The van der Waals surface area contributed by atoms with E-state index in [2.05, 4.69) is 10.0 Å². The first-order chi connectivity index (χ1) is 12.8. The number of amides is 1. The summed E-state index contributed by atoms with van der Waals surface area (Å²) < 4.78 is 54.3. The van der Waals surface area contributed by atoms with Crippen molar-refractivity contribution in [3.63, 3.8) is 0 Å². The minimum absolute atomic E-state index is 0. The second-order valence-corrected chi connectivity index (χ2v) is 8.05. The van der Waals surface area contributed by atoms with Crippen LogP contribution in [0, 0.1) is 17.6 Å². The molecule has 2 unspecified atom stereocenters. The molecule has 152 valence electrons. The van der Waals surface area contributed by atoms with E-state index in [9.17, 15) is 22.0 Å². The van der Waals surface area contributed by atoms with Crippen molar-refractivity contribution in [2.75, 3.05) is 18.4 Å². The van der Waals surface area contributed by atoms with E-state index in [-0.39, 0.29) is 41.6 Å². The van der Waals surface area contributed by atoms with E-state index in [1.54, 1.807) is 6.07 Å². The van der Waals surface area contributed by atoms with Crippen molar-refractivity contribution in [1.29, 1.82) is 0 Å². The Hall–Kier alpha value is -2.07. The third-order valence-corrected chi connectivity index (χ3v) is 5.80. The van der Waals surface area contributed by atoms with Crippen LogP contribution in [0.2, 0.25) is 0 Å². The highest BCUT2D eigenvalue weighted by atomic mass is 35.5. The number of halogens is 3. The molecule has 2 atom stereocenters. The van der Waals surface area contributed by atoms with Gasteiger partial charge in [-0.15, -0.1) is 12.4 Å². The Bertz CT molecular complexity index is 952. The molecule has 0 heterocycles. The first-order valence-corrected chi connectivity index (χ1v) is 9.86. The van der Waals surface area contributed by atoms with E-state index >= 15 is 0 Å². The third kappa shape index (κ3) is 4.85. The van der Waals surface area contributed by atoms with Crippen LogP contribution in [0.5, 0.6) is 0 Å². The number of anilines is 1. The molecule has 2 aromatic carbocycles. The van der Waals surface area contributed by atoms with Crippen LogP contribution in [0.25, 0.3) is 0 Å². The topological polar surface area (TPSA) is 101 Å². The van der Waals surface area contributed by atoms with Gasteiger partial charge in [0.2, 0.25) is 15.9 Å². The highest BCUT2D eigenvalue weighted by Crippen LogP contribution is 2.49. The number of sulfonamides is 1. The van der Waals surface area contributed by atoms with Gasteiger partial charge in [-0.3, -0.25) is 4.79 Å². The molecule has 0 saturated heterocycles. The fraction of sp³-hybridized carbons (Fsp3) is 0.278. The number of carbonyl (C=O) groups is 1. The number of hydrogen-bond donors (Lipinski definition) is 3. The highest BCUT2D eigenvalue weighted by Gasteiger charge is 2.46. The molecule has 1 saturated carbocycles. The van der Waals surface area contributed by atoms with E-state index < -0.39 is 39.4 Å². The van der Waals surface area contributed by atoms with Crippen molar-refractivity contribution in [2.24, 2.45) is 11.7 Å². The summed E-state index contributed by atoms with van der Waals surface area (Å²) in [6.45, 7) is 0.252. The normalized spacial score (nSPS) is 18.2. The van der Waals surface area contributed by atoms with E-state index in [0.717, 1.165) is 12.1 Å². The van der Waals surface area contributed by atoms with Gasteiger partial charge in [-0.05, 0) is 36.8 Å². The van der Waals surface area contributed by atoms with E-state index in [1.807, 2.05) is 0 Å². The highest BCUT2D eigenvalue weighted by molar-refractivity contribution is 7.89. The molecule has 6 nitrogen and oxygen atoms in total. The molecule has 10 heteroatoms. The molecule has 4 N–H and O–H groups in total. The second-order valence-electron chi connectivity index (χ2n) is 6.29. The maximum atomic E-state index is 13.8. The molecule has 1 aliphatic rings. The summed E-state index contributed by atoms with van der Waals surface area (Å²) in [7, 11) is -3.73. The zero-order valence-electron chi connectivity index (χ0n) is 14.7. The van der Waals surface area contributed by atoms with Crippen LogP contribution in [0.1, 0.15) is 17.9 Å². The molecule has 1 aliphatic carbocycles. The van der Waals surface area contributed by atoms with Gasteiger partial charge in [0.15, 0.2) is 0 Å². The van der Waals surface area contributed by atoms with Gasteiger partial charge in [-0.1, -0.05) is 12.1 Å². The zero-order chi connectivity index (χ0) is 19.6. The van der Waals surface area contributed by atoms with E-state index in [4.69, 9.17) is 5.73 Å². The Balaban J connectivity index is 0.00000280. The molecule has 0 aliphatic heterocycles. The van der Waals surface area contributed by atoms with Crippen LogP contribution in [0.3, 0.4) is 0 Å². The first kappa shape index (κ1) is 22.2. The lowest BCUT2D eigenvalue weighted by Crippen LogP contribution is -2.29. The van der Waals surface area contributed by atoms with Gasteiger partial charge < -0.3 is 11.1 Å². The van der Waals surface area contributed by atoms with Crippen molar-refractivity contribution >= 4 is 34.0 Å². The zero-order valence-corrected chi connectivity index (χ0v) is 16.3. The average Bonchev–Trinajstić information content (AvgIpc) is 3.41. The smallest absolute Gasteiger partial charge is 0.240 e. The van der Waals surface area contributed by atoms with Gasteiger partial charge in [-0.2, -0.15) is 0 Å². The summed E-state index contributed by atoms with van der Waals surface area (Å²) in [6.07, 6.45) is 0.333. The van der Waals surface area contributed by atoms with Crippen molar-refractivity contribution in [3.05, 3.63) is 59.7 Å². The first-order valence-electron chi connectivity index (χ1n) is 8.38. The fourth-order valence-electron chi connectivity index (χ4n) is 2.92. The maximum absolute atomic E-state index is 13.8. The predicted molar refractivity (Wildman–Crippen MR) is 104 cm³/mol. The molecular weight excluding hydrogens is 412 g/mol. The monoisotopic (exact) mass is 431 g/mol. The number of hydrogen-bond acceptors (Lipinski definition) is 4. The van der Waals surface area contributed by atoms with Gasteiger partial charge >= 0.3 is 0 Å². The molecule has 0 aromatic heterocycles. The predicted octanol–water partition coefficient (Wildman–Crippen LogP) is 2.37. The lowest BCUT2D eigenvalue weighted by atomic mass is 10.1. The molecule has 28 heavy (non-hydrogen) atoms. The molecule has 0 bridgehead atoms. The molecule has 0 spiro atoms. The lowest BCUT2D eigenvalue weighted by Gasteiger charge is -2.09. The van der Waals surface area contributed by atoms with Crippen LogP contribution in [-0.4, -0.2) is 27.4 Å². The Morgan fingerprint density at radius 1 is 1.14 bits per heavy atom. The number of nitrogens with two attached hydrogens (primary N) is 1. The number of nitrogens with one attached hydrogen (secondary N) is 2. The Morgan fingerprint density at radius 2 is 1.79 bits per heavy atom.